The van der Waals surface area contributed by atoms with Crippen LogP contribution >= 0.6 is 0 Å². The second-order valence-electron chi connectivity index (χ2n) is 5.94. The fraction of sp³-hybridized carbons (Fsp3) is 0.769. The maximum atomic E-state index is 12.7. The Morgan fingerprint density at radius 1 is 1.38 bits per heavy atom. The fourth-order valence-corrected chi connectivity index (χ4v) is 2.46. The topological polar surface area (TPSA) is 61.9 Å². The first-order valence-corrected chi connectivity index (χ1v) is 7.15. The van der Waals surface area contributed by atoms with Crippen LogP contribution in [-0.2, 0) is 0 Å². The molecule has 2 aliphatic carbocycles. The van der Waals surface area contributed by atoms with E-state index in [1.165, 1.54) is 0 Å². The number of aromatic nitrogens is 3. The van der Waals surface area contributed by atoms with Gasteiger partial charge in [0.25, 0.3) is 5.91 Å². The quantitative estimate of drug-likeness (QED) is 0.909. The second kappa shape index (κ2) is 4.99. The van der Waals surface area contributed by atoms with E-state index in [9.17, 15) is 18.0 Å². The Balaban J connectivity index is 1.77. The van der Waals surface area contributed by atoms with Crippen LogP contribution in [0.3, 0.4) is 0 Å². The predicted molar refractivity (Wildman–Crippen MR) is 67.6 cm³/mol. The van der Waals surface area contributed by atoms with E-state index in [0.29, 0.717) is 5.82 Å². The van der Waals surface area contributed by atoms with Crippen LogP contribution in [0, 0.1) is 5.92 Å². The molecular formula is C13H17F3N4O. The molecule has 8 heteroatoms. The van der Waals surface area contributed by atoms with Crippen LogP contribution in [0.25, 0.3) is 0 Å². The molecule has 1 N–H and O–H groups in total. The molecule has 0 aliphatic heterocycles. The summed E-state index contributed by atoms with van der Waals surface area (Å²) < 4.78 is 38.2. The molecule has 1 amide bonds. The Kier molecular flexibility index (Phi) is 3.41. The number of aromatic amines is 1. The zero-order valence-electron chi connectivity index (χ0n) is 11.7. The van der Waals surface area contributed by atoms with Gasteiger partial charge in [-0.2, -0.15) is 13.2 Å². The van der Waals surface area contributed by atoms with Gasteiger partial charge in [0.05, 0.1) is 0 Å². The molecule has 2 saturated carbocycles. The Labute approximate surface area is 119 Å². The van der Waals surface area contributed by atoms with Crippen molar-refractivity contribution < 1.29 is 18.0 Å². The summed E-state index contributed by atoms with van der Waals surface area (Å²) in [7, 11) is 0. The van der Waals surface area contributed by atoms with Crippen molar-refractivity contribution in [2.75, 3.05) is 6.54 Å². The average molecular weight is 302 g/mol. The number of nitrogens with zero attached hydrogens (tertiary/aromatic N) is 3. The molecule has 2 aliphatic rings. The standard InChI is InChI=1S/C13H17F3N4O/c1-7(8-2-3-8)20(6-13(14,15)16)12(21)11-17-10(18-19-11)9-4-5-9/h7-9H,2-6H2,1H3,(H,17,18,19). The molecule has 0 bridgehead atoms. The third-order valence-corrected chi connectivity index (χ3v) is 4.06. The molecule has 0 saturated heterocycles. The van der Waals surface area contributed by atoms with Crippen molar-refractivity contribution in [2.45, 2.75) is 50.7 Å². The van der Waals surface area contributed by atoms with Crippen molar-refractivity contribution in [2.24, 2.45) is 5.92 Å². The van der Waals surface area contributed by atoms with E-state index in [4.69, 9.17) is 0 Å². The Bertz CT molecular complexity index is 534. The van der Waals surface area contributed by atoms with Crippen LogP contribution in [0.2, 0.25) is 0 Å². The molecular weight excluding hydrogens is 285 g/mol. The maximum absolute atomic E-state index is 12.7. The molecule has 116 valence electrons. The molecule has 0 aromatic carbocycles. The van der Waals surface area contributed by atoms with Crippen molar-refractivity contribution in [1.82, 2.24) is 20.1 Å². The molecule has 1 aromatic rings. The number of amides is 1. The maximum Gasteiger partial charge on any atom is 0.406 e. The minimum Gasteiger partial charge on any atom is -0.324 e. The van der Waals surface area contributed by atoms with E-state index in [2.05, 4.69) is 15.2 Å². The summed E-state index contributed by atoms with van der Waals surface area (Å²) >= 11 is 0. The number of halogens is 3. The summed E-state index contributed by atoms with van der Waals surface area (Å²) in [5.74, 6) is 0.127. The van der Waals surface area contributed by atoms with Gasteiger partial charge in [-0.3, -0.25) is 9.89 Å². The lowest BCUT2D eigenvalue weighted by Gasteiger charge is -2.29. The van der Waals surface area contributed by atoms with Crippen LogP contribution in [-0.4, -0.2) is 44.8 Å². The van der Waals surface area contributed by atoms with Crippen LogP contribution in [0.5, 0.6) is 0 Å². The normalized spacial score (nSPS) is 20.4. The first kappa shape index (κ1) is 14.3. The van der Waals surface area contributed by atoms with Crippen LogP contribution in [0.15, 0.2) is 0 Å². The molecule has 1 atom stereocenters. The lowest BCUT2D eigenvalue weighted by Crippen LogP contribution is -2.45. The third kappa shape index (κ3) is 3.36. The average Bonchev–Trinajstić information content (AvgIpc) is 3.32. The molecule has 0 radical (unpaired) electrons. The summed E-state index contributed by atoms with van der Waals surface area (Å²) in [6.45, 7) is 0.409. The summed E-state index contributed by atoms with van der Waals surface area (Å²) in [6.07, 6.45) is -0.732. The fourth-order valence-electron chi connectivity index (χ4n) is 2.46. The van der Waals surface area contributed by atoms with Crippen molar-refractivity contribution in [3.63, 3.8) is 0 Å². The summed E-state index contributed by atoms with van der Waals surface area (Å²) in [6, 6.07) is -0.443. The minimum absolute atomic E-state index is 0.151. The van der Waals surface area contributed by atoms with E-state index >= 15 is 0 Å². The van der Waals surface area contributed by atoms with Crippen molar-refractivity contribution in [3.8, 4) is 0 Å². The second-order valence-corrected chi connectivity index (χ2v) is 5.94. The van der Waals surface area contributed by atoms with Gasteiger partial charge in [0, 0.05) is 12.0 Å². The minimum atomic E-state index is -4.42. The van der Waals surface area contributed by atoms with Gasteiger partial charge in [-0.15, -0.1) is 5.10 Å². The molecule has 1 heterocycles. The van der Waals surface area contributed by atoms with Crippen molar-refractivity contribution >= 4 is 5.91 Å². The Morgan fingerprint density at radius 2 is 2.05 bits per heavy atom. The molecule has 21 heavy (non-hydrogen) atoms. The monoisotopic (exact) mass is 302 g/mol. The van der Waals surface area contributed by atoms with Crippen molar-refractivity contribution in [3.05, 3.63) is 11.6 Å². The van der Waals surface area contributed by atoms with Gasteiger partial charge in [0.15, 0.2) is 0 Å². The zero-order valence-corrected chi connectivity index (χ0v) is 11.7. The van der Waals surface area contributed by atoms with E-state index in [0.717, 1.165) is 30.6 Å². The molecule has 5 nitrogen and oxygen atoms in total. The Hall–Kier alpha value is -1.60. The number of carbonyl (C=O) groups excluding carboxylic acids is 1. The molecule has 2 fully saturated rings. The lowest BCUT2D eigenvalue weighted by atomic mass is 10.1. The largest absolute Gasteiger partial charge is 0.406 e. The highest BCUT2D eigenvalue weighted by molar-refractivity contribution is 5.90. The molecule has 3 rings (SSSR count). The van der Waals surface area contributed by atoms with Crippen LogP contribution in [0.1, 0.15) is 55.0 Å². The van der Waals surface area contributed by atoms with Gasteiger partial charge in [-0.1, -0.05) is 0 Å². The Morgan fingerprint density at radius 3 is 2.57 bits per heavy atom. The number of nitrogens with one attached hydrogen (secondary N) is 1. The van der Waals surface area contributed by atoms with E-state index in [-0.39, 0.29) is 17.7 Å². The zero-order chi connectivity index (χ0) is 15.2. The van der Waals surface area contributed by atoms with Gasteiger partial charge in [-0.05, 0) is 38.5 Å². The first-order valence-electron chi connectivity index (χ1n) is 7.15. The van der Waals surface area contributed by atoms with E-state index < -0.39 is 24.7 Å². The number of H-pyrrole nitrogens is 1. The van der Waals surface area contributed by atoms with E-state index in [1.807, 2.05) is 0 Å². The number of carbonyl (C=O) groups is 1. The summed E-state index contributed by atoms with van der Waals surface area (Å²) in [5.41, 5.74) is 0. The van der Waals surface area contributed by atoms with Crippen LogP contribution in [0.4, 0.5) is 13.2 Å². The van der Waals surface area contributed by atoms with Gasteiger partial charge >= 0.3 is 6.18 Å². The summed E-state index contributed by atoms with van der Waals surface area (Å²) in [5, 5.41) is 6.46. The van der Waals surface area contributed by atoms with Crippen molar-refractivity contribution in [1.29, 1.82) is 0 Å². The van der Waals surface area contributed by atoms with Gasteiger partial charge in [0.2, 0.25) is 5.82 Å². The number of rotatable bonds is 5. The highest BCUT2D eigenvalue weighted by Gasteiger charge is 2.42. The van der Waals surface area contributed by atoms with Crippen LogP contribution < -0.4 is 0 Å². The number of hydrogen-bond donors (Lipinski definition) is 1. The number of hydrogen-bond acceptors (Lipinski definition) is 3. The van der Waals surface area contributed by atoms with Gasteiger partial charge in [0.1, 0.15) is 12.4 Å². The molecule has 1 aromatic heterocycles. The third-order valence-electron chi connectivity index (χ3n) is 4.06. The van der Waals surface area contributed by atoms with E-state index in [1.54, 1.807) is 6.92 Å². The van der Waals surface area contributed by atoms with Gasteiger partial charge in [-0.25, -0.2) is 4.98 Å². The first-order chi connectivity index (χ1) is 9.85. The highest BCUT2D eigenvalue weighted by Crippen LogP contribution is 2.38. The predicted octanol–water partition coefficient (Wildman–Crippen LogP) is 2.49. The highest BCUT2D eigenvalue weighted by atomic mass is 19.4. The SMILES string of the molecule is CC(C1CC1)N(CC(F)(F)F)C(=O)c1n[nH]c(C2CC2)n1. The lowest BCUT2D eigenvalue weighted by molar-refractivity contribution is -0.144. The van der Waals surface area contributed by atoms with Gasteiger partial charge < -0.3 is 4.90 Å². The molecule has 1 unspecified atom stereocenters. The summed E-state index contributed by atoms with van der Waals surface area (Å²) in [4.78, 5) is 17.3. The number of alkyl halides is 3. The smallest absolute Gasteiger partial charge is 0.324 e. The molecule has 0 spiro atoms.